The molecule has 1 N–H and O–H groups in total. The van der Waals surface area contributed by atoms with Crippen molar-refractivity contribution in [1.29, 1.82) is 0 Å². The molecule has 7 heteroatoms. The Bertz CT molecular complexity index is 1280. The van der Waals surface area contributed by atoms with Crippen molar-refractivity contribution in [1.82, 2.24) is 14.8 Å². The monoisotopic (exact) mass is 439 g/mol. The minimum absolute atomic E-state index is 0.0549. The van der Waals surface area contributed by atoms with E-state index in [9.17, 15) is 14.0 Å². The average molecular weight is 440 g/mol. The van der Waals surface area contributed by atoms with Gasteiger partial charge in [0.15, 0.2) is 5.78 Å². The van der Waals surface area contributed by atoms with Gasteiger partial charge in [0.2, 0.25) is 0 Å². The Morgan fingerprint density at radius 2 is 1.84 bits per heavy atom. The predicted octanol–water partition coefficient (Wildman–Crippen LogP) is 5.43. The molecule has 0 aliphatic heterocycles. The van der Waals surface area contributed by atoms with Crippen LogP contribution >= 0.6 is 0 Å². The fourth-order valence-corrected chi connectivity index (χ4v) is 4.80. The van der Waals surface area contributed by atoms with Crippen LogP contribution in [0.4, 0.5) is 8.78 Å². The summed E-state index contributed by atoms with van der Waals surface area (Å²) in [6, 6.07) is 4.12. The number of benzene rings is 1. The van der Waals surface area contributed by atoms with Crippen molar-refractivity contribution in [2.24, 2.45) is 0 Å². The molecule has 5 nitrogen and oxygen atoms in total. The second-order valence-corrected chi connectivity index (χ2v) is 8.44. The van der Waals surface area contributed by atoms with E-state index in [0.717, 1.165) is 5.57 Å². The van der Waals surface area contributed by atoms with Crippen molar-refractivity contribution in [2.45, 2.75) is 64.8 Å². The number of fused-ring (bicyclic) bond motifs is 1. The lowest BCUT2D eigenvalue weighted by molar-refractivity contribution is -0.115. The number of pyridine rings is 1. The predicted molar refractivity (Wildman–Crippen MR) is 121 cm³/mol. The number of aromatic nitrogens is 3. The zero-order chi connectivity index (χ0) is 23.0. The molecule has 1 aliphatic rings. The topological polar surface area (TPSA) is 67.8 Å². The van der Waals surface area contributed by atoms with Gasteiger partial charge in [-0.15, -0.1) is 0 Å². The van der Waals surface area contributed by atoms with Crippen LogP contribution in [-0.2, 0) is 16.8 Å². The maximum atomic E-state index is 15.4. The molecule has 1 aliphatic carbocycles. The van der Waals surface area contributed by atoms with Gasteiger partial charge in [0.25, 0.3) is 5.56 Å². The molecule has 32 heavy (non-hydrogen) atoms. The molecular weight excluding hydrogens is 412 g/mol. The van der Waals surface area contributed by atoms with Crippen molar-refractivity contribution in [3.63, 3.8) is 0 Å². The molecule has 0 bridgehead atoms. The van der Waals surface area contributed by atoms with Crippen molar-refractivity contribution < 1.29 is 13.6 Å². The molecule has 4 rings (SSSR count). The summed E-state index contributed by atoms with van der Waals surface area (Å²) >= 11 is 0. The van der Waals surface area contributed by atoms with E-state index in [-0.39, 0.29) is 17.0 Å². The molecule has 0 spiro atoms. The van der Waals surface area contributed by atoms with Crippen LogP contribution in [0.1, 0.15) is 58.4 Å². The van der Waals surface area contributed by atoms with Crippen LogP contribution in [-0.4, -0.2) is 20.5 Å². The molecule has 168 valence electrons. The van der Waals surface area contributed by atoms with Crippen LogP contribution in [0.2, 0.25) is 0 Å². The van der Waals surface area contributed by atoms with E-state index in [1.807, 2.05) is 26.8 Å². The first-order chi connectivity index (χ1) is 15.3. The summed E-state index contributed by atoms with van der Waals surface area (Å²) in [5.74, 6) is -1.05. The molecule has 0 atom stereocenters. The number of carbonyl (C=O) groups is 1. The lowest BCUT2D eigenvalue weighted by atomic mass is 9.71. The highest BCUT2D eigenvalue weighted by atomic mass is 19.1. The molecule has 1 aromatic carbocycles. The van der Waals surface area contributed by atoms with Crippen LogP contribution in [0.15, 0.2) is 40.8 Å². The van der Waals surface area contributed by atoms with Crippen molar-refractivity contribution in [3.8, 4) is 11.3 Å². The fourth-order valence-electron chi connectivity index (χ4n) is 4.80. The number of Topliss-reactive ketones (excluding diaryl/α,β-unsaturated/α-hetero) is 1. The van der Waals surface area contributed by atoms with Gasteiger partial charge >= 0.3 is 0 Å². The number of aromatic amines is 1. The van der Waals surface area contributed by atoms with Crippen molar-refractivity contribution in [3.05, 3.63) is 63.6 Å². The van der Waals surface area contributed by atoms with E-state index in [2.05, 4.69) is 10.1 Å². The van der Waals surface area contributed by atoms with Crippen molar-refractivity contribution in [2.75, 3.05) is 0 Å². The SMILES string of the molecule is CCn1ncc2c(F)cc(-c3[nH]c(=O)c(C(CC)(CC)CC4=CCCC4=O)cc3F)cc21. The summed E-state index contributed by atoms with van der Waals surface area (Å²) in [5, 5.41) is 4.50. The molecule has 2 heterocycles. The first-order valence-electron chi connectivity index (χ1n) is 11.1. The fraction of sp³-hybridized carbons (Fsp3) is 0.400. The summed E-state index contributed by atoms with van der Waals surface area (Å²) in [6.45, 7) is 6.32. The van der Waals surface area contributed by atoms with Gasteiger partial charge in [-0.05, 0) is 56.4 Å². The number of carbonyl (C=O) groups excluding carboxylic acids is 1. The van der Waals surface area contributed by atoms with Gasteiger partial charge < -0.3 is 4.98 Å². The Hall–Kier alpha value is -3.09. The maximum absolute atomic E-state index is 15.4. The lowest BCUT2D eigenvalue weighted by Crippen LogP contribution is -2.33. The van der Waals surface area contributed by atoms with Crippen LogP contribution in [0.5, 0.6) is 0 Å². The molecule has 0 unspecified atom stereocenters. The molecule has 0 saturated heterocycles. The van der Waals surface area contributed by atoms with Crippen LogP contribution < -0.4 is 5.56 Å². The first-order valence-corrected chi connectivity index (χ1v) is 11.1. The normalized spacial score (nSPS) is 14.4. The highest BCUT2D eigenvalue weighted by Gasteiger charge is 2.35. The number of hydrogen-bond acceptors (Lipinski definition) is 3. The van der Waals surface area contributed by atoms with E-state index in [1.165, 1.54) is 18.3 Å². The van der Waals surface area contributed by atoms with Gasteiger partial charge in [-0.2, -0.15) is 5.10 Å². The molecular formula is C25H27F2N3O2. The van der Waals surface area contributed by atoms with E-state index in [0.29, 0.717) is 55.1 Å². The van der Waals surface area contributed by atoms with E-state index >= 15 is 4.39 Å². The smallest absolute Gasteiger partial charge is 0.252 e. The van der Waals surface area contributed by atoms with E-state index < -0.39 is 22.6 Å². The number of allylic oxidation sites excluding steroid dienone is 2. The molecule has 3 aromatic rings. The number of halogens is 2. The third-order valence-corrected chi connectivity index (χ3v) is 6.87. The second kappa shape index (κ2) is 8.45. The van der Waals surface area contributed by atoms with Gasteiger partial charge in [-0.1, -0.05) is 19.9 Å². The Kier molecular flexibility index (Phi) is 5.84. The van der Waals surface area contributed by atoms with Gasteiger partial charge in [-0.25, -0.2) is 8.78 Å². The largest absolute Gasteiger partial charge is 0.319 e. The van der Waals surface area contributed by atoms with Crippen LogP contribution in [0.3, 0.4) is 0 Å². The molecule has 0 fully saturated rings. The van der Waals surface area contributed by atoms with Gasteiger partial charge in [0.05, 0.1) is 22.8 Å². The van der Waals surface area contributed by atoms with E-state index in [4.69, 9.17) is 0 Å². The van der Waals surface area contributed by atoms with E-state index in [1.54, 1.807) is 10.7 Å². The lowest BCUT2D eigenvalue weighted by Gasteiger charge is -2.32. The number of aryl methyl sites for hydroxylation is 1. The zero-order valence-corrected chi connectivity index (χ0v) is 18.6. The third-order valence-electron chi connectivity index (χ3n) is 6.87. The first kappa shape index (κ1) is 22.1. The Balaban J connectivity index is 1.82. The zero-order valence-electron chi connectivity index (χ0n) is 18.6. The highest BCUT2D eigenvalue weighted by Crippen LogP contribution is 2.39. The third kappa shape index (κ3) is 3.59. The Morgan fingerprint density at radius 3 is 2.47 bits per heavy atom. The molecule has 0 amide bonds. The summed E-state index contributed by atoms with van der Waals surface area (Å²) in [4.78, 5) is 28.0. The van der Waals surface area contributed by atoms with Gasteiger partial charge in [0.1, 0.15) is 11.6 Å². The minimum atomic E-state index is -0.644. The summed E-state index contributed by atoms with van der Waals surface area (Å²) in [7, 11) is 0. The number of H-pyrrole nitrogens is 1. The second-order valence-electron chi connectivity index (χ2n) is 8.44. The summed E-state index contributed by atoms with van der Waals surface area (Å²) < 4.78 is 31.6. The van der Waals surface area contributed by atoms with Gasteiger partial charge in [-0.3, -0.25) is 14.3 Å². The number of ketones is 1. The molecule has 2 aromatic heterocycles. The number of rotatable bonds is 7. The van der Waals surface area contributed by atoms with Gasteiger partial charge in [0, 0.05) is 29.5 Å². The van der Waals surface area contributed by atoms with Crippen molar-refractivity contribution >= 4 is 16.7 Å². The Labute approximate surface area is 185 Å². The molecule has 0 saturated carbocycles. The van der Waals surface area contributed by atoms with Crippen LogP contribution in [0, 0.1) is 11.6 Å². The summed E-state index contributed by atoms with van der Waals surface area (Å²) in [6.07, 6.45) is 6.16. The quantitative estimate of drug-likeness (QED) is 0.534. The maximum Gasteiger partial charge on any atom is 0.252 e. The summed E-state index contributed by atoms with van der Waals surface area (Å²) in [5.41, 5.74) is 0.715. The standard InChI is InChI=1S/C25H27F2N3O2/c1-4-25(5-2,13-15-8-7-9-22(15)31)18-12-20(27)23(29-24(18)32)16-10-19(26)17-14-28-30(6-3)21(17)11-16/h8,10-12,14H,4-7,9,13H2,1-3H3,(H,29,32). The number of hydrogen-bond donors (Lipinski definition) is 1. The minimum Gasteiger partial charge on any atom is -0.319 e. The molecule has 0 radical (unpaired) electrons. The highest BCUT2D eigenvalue weighted by molar-refractivity contribution is 5.97. The number of nitrogens with zero attached hydrogens (tertiary/aromatic N) is 2. The van der Waals surface area contributed by atoms with Crippen LogP contribution in [0.25, 0.3) is 22.2 Å². The Morgan fingerprint density at radius 1 is 1.09 bits per heavy atom. The number of nitrogens with one attached hydrogen (secondary N) is 1. The average Bonchev–Trinajstić information content (AvgIpc) is 3.39.